The number of hydrogen-bond donors (Lipinski definition) is 0. The third kappa shape index (κ3) is 6.47. The van der Waals surface area contributed by atoms with Crippen molar-refractivity contribution in [2.45, 2.75) is 40.5 Å². The smallest absolute Gasteiger partial charge is 0.311 e. The van der Waals surface area contributed by atoms with E-state index in [9.17, 15) is 4.79 Å². The third-order valence-electron chi connectivity index (χ3n) is 1.34. The molecule has 2 nitrogen and oxygen atoms in total. The van der Waals surface area contributed by atoms with Gasteiger partial charge in [-0.3, -0.25) is 4.79 Å². The standard InChI is InChI=1S/C9H18O2.ClH/c1-5-6-7-11-8(10)9(2,3)4;/h5-7H2,1-4H3;1H. The van der Waals surface area contributed by atoms with Crippen LogP contribution in [0.3, 0.4) is 0 Å². The van der Waals surface area contributed by atoms with Crippen molar-refractivity contribution in [1.29, 1.82) is 0 Å². The van der Waals surface area contributed by atoms with Gasteiger partial charge in [0.2, 0.25) is 0 Å². The Morgan fingerprint density at radius 1 is 1.33 bits per heavy atom. The zero-order chi connectivity index (χ0) is 8.91. The van der Waals surface area contributed by atoms with E-state index in [1.807, 2.05) is 20.8 Å². The maximum absolute atomic E-state index is 11.1. The van der Waals surface area contributed by atoms with Crippen LogP contribution >= 0.6 is 12.4 Å². The van der Waals surface area contributed by atoms with E-state index in [-0.39, 0.29) is 23.8 Å². The fraction of sp³-hybridized carbons (Fsp3) is 0.889. The summed E-state index contributed by atoms with van der Waals surface area (Å²) in [4.78, 5) is 11.1. The van der Waals surface area contributed by atoms with E-state index < -0.39 is 0 Å². The van der Waals surface area contributed by atoms with Crippen LogP contribution in [0, 0.1) is 5.41 Å². The SMILES string of the molecule is CCCCOC(=O)C(C)(C)C.Cl. The third-order valence-corrected chi connectivity index (χ3v) is 1.34. The first-order chi connectivity index (χ1) is 4.98. The van der Waals surface area contributed by atoms with Crippen LogP contribution in [0.5, 0.6) is 0 Å². The molecule has 12 heavy (non-hydrogen) atoms. The Kier molecular flexibility index (Phi) is 7.50. The Morgan fingerprint density at radius 2 is 1.83 bits per heavy atom. The van der Waals surface area contributed by atoms with Crippen molar-refractivity contribution in [2.75, 3.05) is 6.61 Å². The Labute approximate surface area is 81.1 Å². The second-order valence-corrected chi connectivity index (χ2v) is 3.74. The number of hydrogen-bond acceptors (Lipinski definition) is 2. The summed E-state index contributed by atoms with van der Waals surface area (Å²) in [7, 11) is 0. The van der Waals surface area contributed by atoms with Crippen LogP contribution in [-0.2, 0) is 9.53 Å². The van der Waals surface area contributed by atoms with E-state index in [0.29, 0.717) is 6.61 Å². The number of esters is 1. The summed E-state index contributed by atoms with van der Waals surface area (Å²) < 4.78 is 5.01. The molecule has 0 aromatic rings. The first-order valence-corrected chi connectivity index (χ1v) is 4.15. The predicted molar refractivity (Wildman–Crippen MR) is 52.6 cm³/mol. The van der Waals surface area contributed by atoms with E-state index in [4.69, 9.17) is 4.74 Å². The van der Waals surface area contributed by atoms with Gasteiger partial charge in [0.05, 0.1) is 12.0 Å². The Bertz CT molecular complexity index is 127. The normalized spacial score (nSPS) is 10.3. The lowest BCUT2D eigenvalue weighted by atomic mass is 9.97. The van der Waals surface area contributed by atoms with Crippen LogP contribution in [0.1, 0.15) is 40.5 Å². The molecule has 74 valence electrons. The van der Waals surface area contributed by atoms with Crippen molar-refractivity contribution in [3.05, 3.63) is 0 Å². The quantitative estimate of drug-likeness (QED) is 0.510. The summed E-state index contributed by atoms with van der Waals surface area (Å²) in [6.45, 7) is 8.22. The van der Waals surface area contributed by atoms with Gasteiger partial charge in [0.25, 0.3) is 0 Å². The molecule has 3 heteroatoms. The molecule has 0 bridgehead atoms. The molecule has 0 radical (unpaired) electrons. The van der Waals surface area contributed by atoms with Gasteiger partial charge in [-0.05, 0) is 27.2 Å². The highest BCUT2D eigenvalue weighted by molar-refractivity contribution is 5.85. The summed E-state index contributed by atoms with van der Waals surface area (Å²) in [5.74, 6) is -0.106. The second-order valence-electron chi connectivity index (χ2n) is 3.74. The van der Waals surface area contributed by atoms with E-state index >= 15 is 0 Å². The first-order valence-electron chi connectivity index (χ1n) is 4.15. The molecule has 0 saturated carbocycles. The highest BCUT2D eigenvalue weighted by Crippen LogP contribution is 2.15. The summed E-state index contributed by atoms with van der Waals surface area (Å²) >= 11 is 0. The highest BCUT2D eigenvalue weighted by atomic mass is 35.5. The maximum Gasteiger partial charge on any atom is 0.311 e. The van der Waals surface area contributed by atoms with E-state index in [2.05, 4.69) is 6.92 Å². The minimum absolute atomic E-state index is 0. The largest absolute Gasteiger partial charge is 0.465 e. The molecule has 0 aliphatic rings. The van der Waals surface area contributed by atoms with Crippen LogP contribution in [-0.4, -0.2) is 12.6 Å². The fourth-order valence-corrected chi connectivity index (χ4v) is 0.526. The zero-order valence-electron chi connectivity index (χ0n) is 8.35. The minimum Gasteiger partial charge on any atom is -0.465 e. The Hall–Kier alpha value is -0.240. The molecule has 0 atom stereocenters. The molecule has 0 N–H and O–H groups in total. The van der Waals surface area contributed by atoms with E-state index in [0.717, 1.165) is 12.8 Å². The number of halogens is 1. The van der Waals surface area contributed by atoms with Gasteiger partial charge >= 0.3 is 5.97 Å². The van der Waals surface area contributed by atoms with Crippen molar-refractivity contribution >= 4 is 18.4 Å². The predicted octanol–water partition coefficient (Wildman–Crippen LogP) is 2.80. The van der Waals surface area contributed by atoms with Crippen molar-refractivity contribution in [3.63, 3.8) is 0 Å². The second kappa shape index (κ2) is 6.30. The highest BCUT2D eigenvalue weighted by Gasteiger charge is 2.22. The van der Waals surface area contributed by atoms with Crippen molar-refractivity contribution in [1.82, 2.24) is 0 Å². The lowest BCUT2D eigenvalue weighted by Gasteiger charge is -2.15. The number of unbranched alkanes of at least 4 members (excludes halogenated alkanes) is 1. The number of carbonyl (C=O) groups excluding carboxylic acids is 1. The lowest BCUT2D eigenvalue weighted by Crippen LogP contribution is -2.23. The monoisotopic (exact) mass is 194 g/mol. The van der Waals surface area contributed by atoms with E-state index in [1.165, 1.54) is 0 Å². The molecule has 0 rings (SSSR count). The molecule has 0 spiro atoms. The average Bonchev–Trinajstić information content (AvgIpc) is 1.86. The zero-order valence-corrected chi connectivity index (χ0v) is 9.16. The van der Waals surface area contributed by atoms with Gasteiger partial charge in [0, 0.05) is 0 Å². The van der Waals surface area contributed by atoms with Crippen molar-refractivity contribution in [3.8, 4) is 0 Å². The first kappa shape index (κ1) is 14.3. The molecule has 0 aliphatic heterocycles. The van der Waals surface area contributed by atoms with Gasteiger partial charge in [-0.2, -0.15) is 0 Å². The summed E-state index contributed by atoms with van der Waals surface area (Å²) in [6, 6.07) is 0. The number of carbonyl (C=O) groups is 1. The number of ether oxygens (including phenoxy) is 1. The topological polar surface area (TPSA) is 26.3 Å². The van der Waals surface area contributed by atoms with Crippen LogP contribution in [0.25, 0.3) is 0 Å². The molecule has 0 aliphatic carbocycles. The van der Waals surface area contributed by atoms with Crippen LogP contribution in [0.4, 0.5) is 0 Å². The van der Waals surface area contributed by atoms with E-state index in [1.54, 1.807) is 0 Å². The van der Waals surface area contributed by atoms with Gasteiger partial charge < -0.3 is 4.74 Å². The van der Waals surface area contributed by atoms with Crippen LogP contribution in [0.15, 0.2) is 0 Å². The van der Waals surface area contributed by atoms with Gasteiger partial charge in [0.15, 0.2) is 0 Å². The van der Waals surface area contributed by atoms with Gasteiger partial charge in [-0.15, -0.1) is 12.4 Å². The molecular formula is C9H19ClO2. The van der Waals surface area contributed by atoms with Gasteiger partial charge in [-0.1, -0.05) is 13.3 Å². The fourth-order valence-electron chi connectivity index (χ4n) is 0.526. The van der Waals surface area contributed by atoms with Crippen LogP contribution < -0.4 is 0 Å². The van der Waals surface area contributed by atoms with Gasteiger partial charge in [-0.25, -0.2) is 0 Å². The summed E-state index contributed by atoms with van der Waals surface area (Å²) in [5.41, 5.74) is -0.353. The van der Waals surface area contributed by atoms with Gasteiger partial charge in [0.1, 0.15) is 0 Å². The maximum atomic E-state index is 11.1. The lowest BCUT2D eigenvalue weighted by molar-refractivity contribution is -0.153. The molecule has 0 saturated heterocycles. The molecule has 0 fully saturated rings. The Balaban J connectivity index is 0. The molecule has 0 heterocycles. The molecule has 0 unspecified atom stereocenters. The summed E-state index contributed by atoms with van der Waals surface area (Å²) in [5, 5.41) is 0. The Morgan fingerprint density at radius 3 is 2.17 bits per heavy atom. The molecular weight excluding hydrogens is 176 g/mol. The van der Waals surface area contributed by atoms with Crippen molar-refractivity contribution < 1.29 is 9.53 Å². The molecule has 0 amide bonds. The average molecular weight is 195 g/mol. The molecule has 0 aromatic carbocycles. The summed E-state index contributed by atoms with van der Waals surface area (Å²) in [6.07, 6.45) is 2.03. The minimum atomic E-state index is -0.353. The molecule has 0 aromatic heterocycles. The van der Waals surface area contributed by atoms with Crippen LogP contribution in [0.2, 0.25) is 0 Å². The van der Waals surface area contributed by atoms with Crippen molar-refractivity contribution in [2.24, 2.45) is 5.41 Å². The number of rotatable bonds is 3.